The summed E-state index contributed by atoms with van der Waals surface area (Å²) in [4.78, 5) is 17.0. The van der Waals surface area contributed by atoms with Gasteiger partial charge in [-0.15, -0.1) is 0 Å². The van der Waals surface area contributed by atoms with E-state index in [0.29, 0.717) is 6.42 Å². The molecule has 0 spiro atoms. The van der Waals surface area contributed by atoms with E-state index in [0.717, 1.165) is 5.56 Å². The number of likely N-dealkylation sites (N-methyl/N-ethyl adjacent to an activating group) is 1. The van der Waals surface area contributed by atoms with E-state index in [4.69, 9.17) is 5.11 Å². The van der Waals surface area contributed by atoms with Gasteiger partial charge in [-0.05, 0) is 32.0 Å². The zero-order valence-corrected chi connectivity index (χ0v) is 9.92. The van der Waals surface area contributed by atoms with Crippen LogP contribution in [0.1, 0.15) is 31.9 Å². The molecule has 0 aliphatic carbocycles. The number of hydrogen-bond acceptors (Lipinski definition) is 3. The Bertz CT molecular complexity index is 340. The van der Waals surface area contributed by atoms with Gasteiger partial charge in [0.25, 0.3) is 0 Å². The van der Waals surface area contributed by atoms with Crippen molar-refractivity contribution in [3.63, 3.8) is 0 Å². The molecule has 4 nitrogen and oxygen atoms in total. The number of carboxylic acid groups (broad SMARTS) is 1. The van der Waals surface area contributed by atoms with Crippen molar-refractivity contribution in [2.45, 2.75) is 32.4 Å². The molecule has 0 saturated heterocycles. The smallest absolute Gasteiger partial charge is 0.320 e. The van der Waals surface area contributed by atoms with Crippen molar-refractivity contribution in [3.05, 3.63) is 30.1 Å². The first-order valence-electron chi connectivity index (χ1n) is 5.42. The van der Waals surface area contributed by atoms with Crippen molar-refractivity contribution in [1.82, 2.24) is 9.88 Å². The van der Waals surface area contributed by atoms with Crippen LogP contribution in [0.2, 0.25) is 0 Å². The second-order valence-corrected chi connectivity index (χ2v) is 3.89. The molecular weight excluding hydrogens is 204 g/mol. The molecule has 0 fully saturated rings. The van der Waals surface area contributed by atoms with Gasteiger partial charge in [-0.2, -0.15) is 0 Å². The molecule has 16 heavy (non-hydrogen) atoms. The molecule has 0 radical (unpaired) electrons. The van der Waals surface area contributed by atoms with E-state index in [1.165, 1.54) is 0 Å². The van der Waals surface area contributed by atoms with E-state index < -0.39 is 12.0 Å². The summed E-state index contributed by atoms with van der Waals surface area (Å²) in [6.07, 6.45) is 4.08. The molecule has 1 rings (SSSR count). The fourth-order valence-corrected chi connectivity index (χ4v) is 1.76. The molecule has 0 amide bonds. The Morgan fingerprint density at radius 3 is 2.75 bits per heavy atom. The number of aliphatic carboxylic acids is 1. The van der Waals surface area contributed by atoms with Gasteiger partial charge in [0.1, 0.15) is 6.04 Å². The van der Waals surface area contributed by atoms with E-state index in [9.17, 15) is 4.79 Å². The minimum Gasteiger partial charge on any atom is -0.480 e. The SMILES string of the molecule is CCC(C(=O)O)N(C)C(C)c1cccnc1. The minimum atomic E-state index is -0.777. The first kappa shape index (κ1) is 12.6. The van der Waals surface area contributed by atoms with E-state index in [-0.39, 0.29) is 6.04 Å². The van der Waals surface area contributed by atoms with Gasteiger partial charge >= 0.3 is 5.97 Å². The maximum absolute atomic E-state index is 11.1. The van der Waals surface area contributed by atoms with Crippen LogP contribution in [0.3, 0.4) is 0 Å². The first-order valence-corrected chi connectivity index (χ1v) is 5.42. The van der Waals surface area contributed by atoms with E-state index in [1.54, 1.807) is 12.4 Å². The van der Waals surface area contributed by atoms with E-state index >= 15 is 0 Å². The van der Waals surface area contributed by atoms with Crippen LogP contribution >= 0.6 is 0 Å². The lowest BCUT2D eigenvalue weighted by atomic mass is 10.1. The summed E-state index contributed by atoms with van der Waals surface area (Å²) >= 11 is 0. The number of hydrogen-bond donors (Lipinski definition) is 1. The van der Waals surface area contributed by atoms with Gasteiger partial charge in [-0.1, -0.05) is 13.0 Å². The average molecular weight is 222 g/mol. The number of rotatable bonds is 5. The van der Waals surface area contributed by atoms with Crippen LogP contribution in [-0.4, -0.2) is 34.0 Å². The normalized spacial score (nSPS) is 14.8. The van der Waals surface area contributed by atoms with Crippen molar-refractivity contribution >= 4 is 5.97 Å². The largest absolute Gasteiger partial charge is 0.480 e. The highest BCUT2D eigenvalue weighted by atomic mass is 16.4. The van der Waals surface area contributed by atoms with Crippen LogP contribution in [0, 0.1) is 0 Å². The van der Waals surface area contributed by atoms with Crippen molar-refractivity contribution in [1.29, 1.82) is 0 Å². The summed E-state index contributed by atoms with van der Waals surface area (Å²) in [5, 5.41) is 9.08. The minimum absolute atomic E-state index is 0.0507. The van der Waals surface area contributed by atoms with E-state index in [2.05, 4.69) is 4.98 Å². The average Bonchev–Trinajstić information content (AvgIpc) is 2.29. The van der Waals surface area contributed by atoms with Crippen LogP contribution in [0.15, 0.2) is 24.5 Å². The quantitative estimate of drug-likeness (QED) is 0.827. The van der Waals surface area contributed by atoms with Gasteiger partial charge in [-0.3, -0.25) is 14.7 Å². The molecule has 2 unspecified atom stereocenters. The molecule has 2 atom stereocenters. The summed E-state index contributed by atoms with van der Waals surface area (Å²) in [5.74, 6) is -0.777. The molecule has 1 aromatic rings. The fourth-order valence-electron chi connectivity index (χ4n) is 1.76. The van der Waals surface area contributed by atoms with Gasteiger partial charge in [0.15, 0.2) is 0 Å². The second-order valence-electron chi connectivity index (χ2n) is 3.89. The zero-order valence-electron chi connectivity index (χ0n) is 9.92. The number of pyridine rings is 1. The molecule has 1 aromatic heterocycles. The van der Waals surface area contributed by atoms with Gasteiger partial charge in [0.2, 0.25) is 0 Å². The molecule has 88 valence electrons. The van der Waals surface area contributed by atoms with Gasteiger partial charge < -0.3 is 5.11 Å². The van der Waals surface area contributed by atoms with Gasteiger partial charge in [0.05, 0.1) is 0 Å². The standard InChI is InChI=1S/C12H18N2O2/c1-4-11(12(15)16)14(3)9(2)10-6-5-7-13-8-10/h5-9,11H,4H2,1-3H3,(H,15,16). The third kappa shape index (κ3) is 2.79. The molecule has 4 heteroatoms. The zero-order chi connectivity index (χ0) is 12.1. The summed E-state index contributed by atoms with van der Waals surface area (Å²) in [7, 11) is 1.83. The summed E-state index contributed by atoms with van der Waals surface area (Å²) in [6.45, 7) is 3.87. The topological polar surface area (TPSA) is 53.4 Å². The van der Waals surface area contributed by atoms with Crippen LogP contribution in [0.25, 0.3) is 0 Å². The molecule has 1 heterocycles. The molecule has 0 saturated carbocycles. The fraction of sp³-hybridized carbons (Fsp3) is 0.500. The Kier molecular flexibility index (Phi) is 4.43. The highest BCUT2D eigenvalue weighted by Crippen LogP contribution is 2.20. The van der Waals surface area contributed by atoms with Crippen LogP contribution in [-0.2, 0) is 4.79 Å². The molecule has 0 aliphatic heterocycles. The number of carbonyl (C=O) groups is 1. The molecule has 0 aromatic carbocycles. The Balaban J connectivity index is 2.81. The van der Waals surface area contributed by atoms with Crippen molar-refractivity contribution in [2.75, 3.05) is 7.05 Å². The van der Waals surface area contributed by atoms with Gasteiger partial charge in [-0.25, -0.2) is 0 Å². The summed E-state index contributed by atoms with van der Waals surface area (Å²) in [6, 6.07) is 3.43. The number of carboxylic acids is 1. The van der Waals surface area contributed by atoms with Crippen molar-refractivity contribution < 1.29 is 9.90 Å². The Labute approximate surface area is 95.9 Å². The lowest BCUT2D eigenvalue weighted by Gasteiger charge is -2.29. The summed E-state index contributed by atoms with van der Waals surface area (Å²) < 4.78 is 0. The lowest BCUT2D eigenvalue weighted by Crippen LogP contribution is -2.39. The molecular formula is C12H18N2O2. The predicted molar refractivity (Wildman–Crippen MR) is 62.1 cm³/mol. The van der Waals surface area contributed by atoms with Crippen LogP contribution < -0.4 is 0 Å². The predicted octanol–water partition coefficient (Wildman–Crippen LogP) is 1.94. The number of aromatic nitrogens is 1. The van der Waals surface area contributed by atoms with E-state index in [1.807, 2.05) is 37.9 Å². The maximum Gasteiger partial charge on any atom is 0.320 e. The first-order chi connectivity index (χ1) is 7.57. The Morgan fingerprint density at radius 2 is 2.31 bits per heavy atom. The Hall–Kier alpha value is -1.42. The summed E-state index contributed by atoms with van der Waals surface area (Å²) in [5.41, 5.74) is 1.03. The molecule has 0 aliphatic rings. The monoisotopic (exact) mass is 222 g/mol. The van der Waals surface area contributed by atoms with Crippen LogP contribution in [0.4, 0.5) is 0 Å². The second kappa shape index (κ2) is 5.61. The highest BCUT2D eigenvalue weighted by Gasteiger charge is 2.25. The molecule has 1 N–H and O–H groups in total. The van der Waals surface area contributed by atoms with Gasteiger partial charge in [0, 0.05) is 18.4 Å². The highest BCUT2D eigenvalue weighted by molar-refractivity contribution is 5.73. The third-order valence-electron chi connectivity index (χ3n) is 2.94. The molecule has 0 bridgehead atoms. The maximum atomic E-state index is 11.1. The van der Waals surface area contributed by atoms with Crippen molar-refractivity contribution in [3.8, 4) is 0 Å². The Morgan fingerprint density at radius 1 is 1.62 bits per heavy atom. The van der Waals surface area contributed by atoms with Crippen LogP contribution in [0.5, 0.6) is 0 Å². The lowest BCUT2D eigenvalue weighted by molar-refractivity contribution is -0.143. The third-order valence-corrected chi connectivity index (χ3v) is 2.94. The van der Waals surface area contributed by atoms with Crippen molar-refractivity contribution in [2.24, 2.45) is 0 Å². The number of nitrogens with zero attached hydrogens (tertiary/aromatic N) is 2.